The molecule has 0 bridgehead atoms. The molecule has 1 heterocycles. The zero-order chi connectivity index (χ0) is 27.0. The second-order valence-corrected chi connectivity index (χ2v) is 11.9. The standard InChI is InChI=1S/C32H45ClN2O2S.BrH/c1-3-4-5-6-7-8-9-10-11-12-13-14-21-37-31-29(19-16-20-30(31)33)32(36)34-28-18-15-17-27(22-28)24-35-23-26(2)38-25-35;/h15-20,22-23H,3-14,21,24-25H2,1-2H3,(H,34,36);1H. The Morgan fingerprint density at radius 2 is 1.59 bits per heavy atom. The van der Waals surface area contributed by atoms with Gasteiger partial charge in [-0.15, -0.1) is 28.7 Å². The zero-order valence-corrected chi connectivity index (χ0v) is 27.0. The van der Waals surface area contributed by atoms with Crippen LogP contribution in [0, 0.1) is 0 Å². The van der Waals surface area contributed by atoms with Crippen molar-refractivity contribution in [2.24, 2.45) is 0 Å². The lowest BCUT2D eigenvalue weighted by Crippen LogP contribution is -2.15. The van der Waals surface area contributed by atoms with Crippen LogP contribution in [0.3, 0.4) is 0 Å². The number of anilines is 1. The van der Waals surface area contributed by atoms with E-state index in [1.165, 1.54) is 69.1 Å². The zero-order valence-electron chi connectivity index (χ0n) is 23.7. The molecule has 39 heavy (non-hydrogen) atoms. The minimum absolute atomic E-state index is 0. The number of ether oxygens (including phenoxy) is 1. The number of thioether (sulfide) groups is 1. The maximum absolute atomic E-state index is 13.1. The Balaban J connectivity index is 0.00000533. The fourth-order valence-corrected chi connectivity index (χ4v) is 5.73. The summed E-state index contributed by atoms with van der Waals surface area (Å²) in [6.07, 6.45) is 17.8. The highest BCUT2D eigenvalue weighted by atomic mass is 79.9. The molecule has 216 valence electrons. The Labute approximate surface area is 256 Å². The van der Waals surface area contributed by atoms with Crippen LogP contribution >= 0.6 is 40.3 Å². The highest BCUT2D eigenvalue weighted by Crippen LogP contribution is 2.30. The number of carbonyl (C=O) groups excluding carboxylic acids is 1. The first-order valence-corrected chi connectivity index (χ1v) is 15.8. The molecule has 0 atom stereocenters. The number of rotatable bonds is 18. The van der Waals surface area contributed by atoms with Gasteiger partial charge in [-0.25, -0.2) is 0 Å². The van der Waals surface area contributed by atoms with Crippen LogP contribution < -0.4 is 10.1 Å². The van der Waals surface area contributed by atoms with Crippen molar-refractivity contribution in [2.45, 2.75) is 97.4 Å². The number of unbranched alkanes of at least 4 members (excludes halogenated alkanes) is 11. The van der Waals surface area contributed by atoms with Crippen molar-refractivity contribution in [2.75, 3.05) is 17.8 Å². The third kappa shape index (κ3) is 12.6. The molecule has 0 saturated carbocycles. The largest absolute Gasteiger partial charge is 0.491 e. The summed E-state index contributed by atoms with van der Waals surface area (Å²) in [5, 5.41) is 3.50. The Hall–Kier alpha value is -1.63. The number of nitrogens with one attached hydrogen (secondary N) is 1. The molecule has 1 amide bonds. The summed E-state index contributed by atoms with van der Waals surface area (Å²) in [5.41, 5.74) is 2.40. The molecular weight excluding hydrogens is 592 g/mol. The average Bonchev–Trinajstić information content (AvgIpc) is 3.31. The topological polar surface area (TPSA) is 41.6 Å². The number of amides is 1. The van der Waals surface area contributed by atoms with Crippen LogP contribution in [0.2, 0.25) is 5.02 Å². The first-order valence-electron chi connectivity index (χ1n) is 14.4. The number of nitrogens with zero attached hydrogens (tertiary/aromatic N) is 1. The van der Waals surface area contributed by atoms with Gasteiger partial charge in [-0.05, 0) is 48.1 Å². The Morgan fingerprint density at radius 1 is 0.949 bits per heavy atom. The van der Waals surface area contributed by atoms with Gasteiger partial charge in [0.15, 0.2) is 5.75 Å². The lowest BCUT2D eigenvalue weighted by Gasteiger charge is -2.16. The molecule has 0 radical (unpaired) electrons. The highest BCUT2D eigenvalue weighted by Gasteiger charge is 2.17. The molecule has 1 N–H and O–H groups in total. The predicted molar refractivity (Wildman–Crippen MR) is 175 cm³/mol. The van der Waals surface area contributed by atoms with Crippen LogP contribution in [0.25, 0.3) is 0 Å². The van der Waals surface area contributed by atoms with E-state index in [0.717, 1.165) is 36.5 Å². The maximum atomic E-state index is 13.1. The van der Waals surface area contributed by atoms with E-state index in [1.807, 2.05) is 30.0 Å². The molecule has 1 aliphatic rings. The number of benzene rings is 2. The van der Waals surface area contributed by atoms with Crippen LogP contribution in [-0.2, 0) is 6.54 Å². The van der Waals surface area contributed by atoms with E-state index >= 15 is 0 Å². The van der Waals surface area contributed by atoms with Gasteiger partial charge in [-0.3, -0.25) is 4.79 Å². The van der Waals surface area contributed by atoms with Crippen molar-refractivity contribution in [1.29, 1.82) is 0 Å². The van der Waals surface area contributed by atoms with Gasteiger partial charge in [0.25, 0.3) is 5.91 Å². The van der Waals surface area contributed by atoms with Crippen LogP contribution in [0.1, 0.15) is 107 Å². The molecule has 0 spiro atoms. The van der Waals surface area contributed by atoms with E-state index in [2.05, 4.69) is 36.3 Å². The van der Waals surface area contributed by atoms with Crippen LogP contribution in [-0.4, -0.2) is 23.3 Å². The van der Waals surface area contributed by atoms with Gasteiger partial charge in [0, 0.05) is 18.4 Å². The summed E-state index contributed by atoms with van der Waals surface area (Å²) in [5.74, 6) is 1.23. The van der Waals surface area contributed by atoms with Crippen molar-refractivity contribution in [3.05, 3.63) is 69.7 Å². The number of para-hydroxylation sites is 1. The first kappa shape index (κ1) is 33.6. The van der Waals surface area contributed by atoms with Gasteiger partial charge in [0.2, 0.25) is 0 Å². The monoisotopic (exact) mass is 636 g/mol. The van der Waals surface area contributed by atoms with Crippen LogP contribution in [0.15, 0.2) is 53.6 Å². The molecule has 2 aromatic carbocycles. The van der Waals surface area contributed by atoms with Gasteiger partial charge < -0.3 is 15.0 Å². The summed E-state index contributed by atoms with van der Waals surface area (Å²) < 4.78 is 6.03. The van der Waals surface area contributed by atoms with Crippen molar-refractivity contribution in [3.63, 3.8) is 0 Å². The fraction of sp³-hybridized carbons (Fsp3) is 0.531. The smallest absolute Gasteiger partial charge is 0.259 e. The average molecular weight is 638 g/mol. The SMILES string of the molecule is Br.CCCCCCCCCCCCCCOc1c(Cl)cccc1C(=O)Nc1cccc(CN2C=C(C)SC2)c1. The van der Waals surface area contributed by atoms with Gasteiger partial charge in [0.1, 0.15) is 0 Å². The normalized spacial score (nSPS) is 12.7. The van der Waals surface area contributed by atoms with Gasteiger partial charge >= 0.3 is 0 Å². The minimum Gasteiger partial charge on any atom is -0.491 e. The second kappa shape index (κ2) is 19.4. The minimum atomic E-state index is -0.207. The van der Waals surface area contributed by atoms with E-state index in [-0.39, 0.29) is 22.9 Å². The summed E-state index contributed by atoms with van der Waals surface area (Å²) >= 11 is 8.29. The van der Waals surface area contributed by atoms with Crippen molar-refractivity contribution >= 4 is 51.9 Å². The molecular formula is C32H46BrClN2O2S. The van der Waals surface area contributed by atoms with Crippen LogP contribution in [0.4, 0.5) is 5.69 Å². The number of hydrogen-bond donors (Lipinski definition) is 1. The molecule has 0 saturated heterocycles. The Bertz CT molecular complexity index is 1030. The van der Waals surface area contributed by atoms with Crippen LogP contribution in [0.5, 0.6) is 5.75 Å². The Kier molecular flexibility index (Phi) is 16.7. The quantitative estimate of drug-likeness (QED) is 0.165. The Morgan fingerprint density at radius 3 is 2.23 bits per heavy atom. The second-order valence-electron chi connectivity index (χ2n) is 10.3. The molecule has 0 aliphatic carbocycles. The number of carbonyl (C=O) groups is 1. The maximum Gasteiger partial charge on any atom is 0.259 e. The molecule has 0 fully saturated rings. The van der Waals surface area contributed by atoms with E-state index in [4.69, 9.17) is 16.3 Å². The number of hydrogen-bond acceptors (Lipinski definition) is 4. The number of halogens is 2. The fourth-order valence-electron chi connectivity index (χ4n) is 4.74. The molecule has 3 rings (SSSR count). The van der Waals surface area contributed by atoms with E-state index in [1.54, 1.807) is 18.2 Å². The molecule has 4 nitrogen and oxygen atoms in total. The summed E-state index contributed by atoms with van der Waals surface area (Å²) in [4.78, 5) is 16.7. The van der Waals surface area contributed by atoms with E-state index < -0.39 is 0 Å². The predicted octanol–water partition coefficient (Wildman–Crippen LogP) is 10.6. The summed E-state index contributed by atoms with van der Waals surface area (Å²) in [6, 6.07) is 13.4. The molecule has 1 aliphatic heterocycles. The van der Waals surface area contributed by atoms with Gasteiger partial charge in [-0.2, -0.15) is 0 Å². The summed E-state index contributed by atoms with van der Waals surface area (Å²) in [6.45, 7) is 5.78. The van der Waals surface area contributed by atoms with Crippen molar-refractivity contribution < 1.29 is 9.53 Å². The molecule has 0 aromatic heterocycles. The lowest BCUT2D eigenvalue weighted by atomic mass is 10.1. The summed E-state index contributed by atoms with van der Waals surface area (Å²) in [7, 11) is 0. The van der Waals surface area contributed by atoms with E-state index in [0.29, 0.717) is 22.9 Å². The first-order chi connectivity index (χ1) is 18.6. The lowest BCUT2D eigenvalue weighted by molar-refractivity contribution is 0.102. The van der Waals surface area contributed by atoms with Gasteiger partial charge in [-0.1, -0.05) is 107 Å². The number of allylic oxidation sites excluding steroid dienone is 1. The molecule has 7 heteroatoms. The molecule has 0 unspecified atom stereocenters. The van der Waals surface area contributed by atoms with Crippen molar-refractivity contribution in [1.82, 2.24) is 4.90 Å². The van der Waals surface area contributed by atoms with Crippen molar-refractivity contribution in [3.8, 4) is 5.75 Å². The highest BCUT2D eigenvalue weighted by molar-refractivity contribution is 8.93. The van der Waals surface area contributed by atoms with E-state index in [9.17, 15) is 4.79 Å². The third-order valence-electron chi connectivity index (χ3n) is 6.85. The van der Waals surface area contributed by atoms with Gasteiger partial charge in [0.05, 0.1) is 23.1 Å². The molecule has 2 aromatic rings. The third-order valence-corrected chi connectivity index (χ3v) is 8.17.